The molecule has 7 heteroatoms. The molecule has 0 aliphatic rings. The number of benzene rings is 2. The van der Waals surface area contributed by atoms with E-state index in [2.05, 4.69) is 5.32 Å². The minimum atomic E-state index is -0.489. The quantitative estimate of drug-likeness (QED) is 0.693. The van der Waals surface area contributed by atoms with Crippen LogP contribution in [0.1, 0.15) is 35.7 Å². The first-order valence-electron chi connectivity index (χ1n) is 9.22. The molecule has 154 valence electrons. The first kappa shape index (κ1) is 22.4. The SMILES string of the molecule is CC(C)C(C(=O)OCC(=O)Nc1ccc(C(=O)N(C)C)cc1)c1ccc(Cl)cc1. The number of carbonyl (C=O) groups excluding carboxylic acids is 3. The molecule has 2 aromatic rings. The largest absolute Gasteiger partial charge is 0.455 e. The zero-order valence-corrected chi connectivity index (χ0v) is 17.7. The zero-order valence-electron chi connectivity index (χ0n) is 16.9. The van der Waals surface area contributed by atoms with E-state index in [4.69, 9.17) is 16.3 Å². The van der Waals surface area contributed by atoms with E-state index in [0.29, 0.717) is 16.3 Å². The summed E-state index contributed by atoms with van der Waals surface area (Å²) in [7, 11) is 3.33. The molecule has 0 saturated carbocycles. The Balaban J connectivity index is 1.94. The lowest BCUT2D eigenvalue weighted by molar-refractivity contribution is -0.149. The van der Waals surface area contributed by atoms with Crippen LogP contribution in [0.4, 0.5) is 5.69 Å². The van der Waals surface area contributed by atoms with Crippen LogP contribution in [0.3, 0.4) is 0 Å². The molecule has 1 unspecified atom stereocenters. The van der Waals surface area contributed by atoms with Crippen LogP contribution in [0, 0.1) is 5.92 Å². The minimum absolute atomic E-state index is 0.00600. The molecule has 2 aromatic carbocycles. The van der Waals surface area contributed by atoms with E-state index in [1.165, 1.54) is 4.90 Å². The van der Waals surface area contributed by atoms with E-state index in [1.807, 2.05) is 13.8 Å². The van der Waals surface area contributed by atoms with Crippen molar-refractivity contribution in [2.45, 2.75) is 19.8 Å². The Labute approximate surface area is 175 Å². The summed E-state index contributed by atoms with van der Waals surface area (Å²) in [5.74, 6) is -1.54. The smallest absolute Gasteiger partial charge is 0.314 e. The highest BCUT2D eigenvalue weighted by Gasteiger charge is 2.26. The van der Waals surface area contributed by atoms with Gasteiger partial charge in [0, 0.05) is 30.4 Å². The van der Waals surface area contributed by atoms with Crippen molar-refractivity contribution in [2.75, 3.05) is 26.0 Å². The predicted octanol–water partition coefficient (Wildman–Crippen LogP) is 3.96. The molecular formula is C22H25ClN2O4. The predicted molar refractivity (Wildman–Crippen MR) is 113 cm³/mol. The minimum Gasteiger partial charge on any atom is -0.455 e. The summed E-state index contributed by atoms with van der Waals surface area (Å²) in [4.78, 5) is 38.0. The highest BCUT2D eigenvalue weighted by atomic mass is 35.5. The number of nitrogens with zero attached hydrogens (tertiary/aromatic N) is 1. The monoisotopic (exact) mass is 416 g/mol. The molecule has 0 spiro atoms. The van der Waals surface area contributed by atoms with E-state index in [1.54, 1.807) is 62.6 Å². The molecule has 0 aliphatic heterocycles. The van der Waals surface area contributed by atoms with Crippen molar-refractivity contribution < 1.29 is 19.1 Å². The standard InChI is InChI=1S/C22H25ClN2O4/c1-14(2)20(15-5-9-17(23)10-6-15)22(28)29-13-19(26)24-18-11-7-16(8-12-18)21(27)25(3)4/h5-12,14,20H,13H2,1-4H3,(H,24,26). The van der Waals surface area contributed by atoms with Crippen LogP contribution in [0.25, 0.3) is 0 Å². The summed E-state index contributed by atoms with van der Waals surface area (Å²) >= 11 is 5.91. The molecule has 0 saturated heterocycles. The number of anilines is 1. The molecule has 0 aromatic heterocycles. The van der Waals surface area contributed by atoms with Gasteiger partial charge in [-0.1, -0.05) is 37.6 Å². The highest BCUT2D eigenvalue weighted by Crippen LogP contribution is 2.27. The van der Waals surface area contributed by atoms with Gasteiger partial charge in [-0.15, -0.1) is 0 Å². The van der Waals surface area contributed by atoms with Crippen molar-refractivity contribution in [3.05, 3.63) is 64.7 Å². The van der Waals surface area contributed by atoms with Crippen molar-refractivity contribution in [1.82, 2.24) is 4.90 Å². The van der Waals surface area contributed by atoms with E-state index in [9.17, 15) is 14.4 Å². The van der Waals surface area contributed by atoms with Crippen LogP contribution >= 0.6 is 11.6 Å². The third kappa shape index (κ3) is 6.32. The Morgan fingerprint density at radius 2 is 1.59 bits per heavy atom. The first-order chi connectivity index (χ1) is 13.7. The second-order valence-electron chi connectivity index (χ2n) is 7.21. The van der Waals surface area contributed by atoms with Gasteiger partial charge in [0.15, 0.2) is 6.61 Å². The number of ether oxygens (including phenoxy) is 1. The Kier molecular flexibility index (Phi) is 7.79. The number of carbonyl (C=O) groups is 3. The fourth-order valence-electron chi connectivity index (χ4n) is 2.84. The molecule has 1 atom stereocenters. The number of halogens is 1. The molecule has 0 bridgehead atoms. The van der Waals surface area contributed by atoms with E-state index in [0.717, 1.165) is 5.56 Å². The number of hydrogen-bond donors (Lipinski definition) is 1. The number of esters is 1. The lowest BCUT2D eigenvalue weighted by Gasteiger charge is -2.20. The summed E-state index contributed by atoms with van der Waals surface area (Å²) in [5.41, 5.74) is 1.82. The molecule has 29 heavy (non-hydrogen) atoms. The Morgan fingerprint density at radius 3 is 2.10 bits per heavy atom. The molecular weight excluding hydrogens is 392 g/mol. The average molecular weight is 417 g/mol. The number of rotatable bonds is 7. The normalized spacial score (nSPS) is 11.7. The third-order valence-electron chi connectivity index (χ3n) is 4.32. The van der Waals surface area contributed by atoms with Crippen molar-refractivity contribution >= 4 is 35.1 Å². The van der Waals surface area contributed by atoms with Crippen LogP contribution in [0.2, 0.25) is 5.02 Å². The van der Waals surface area contributed by atoms with Crippen LogP contribution in [-0.2, 0) is 14.3 Å². The maximum Gasteiger partial charge on any atom is 0.314 e. The lowest BCUT2D eigenvalue weighted by Crippen LogP contribution is -2.26. The van der Waals surface area contributed by atoms with Crippen molar-refractivity contribution in [3.63, 3.8) is 0 Å². The first-order valence-corrected chi connectivity index (χ1v) is 9.60. The summed E-state index contributed by atoms with van der Waals surface area (Å²) < 4.78 is 5.23. The van der Waals surface area contributed by atoms with Crippen LogP contribution < -0.4 is 5.32 Å². The van der Waals surface area contributed by atoms with E-state index < -0.39 is 24.4 Å². The van der Waals surface area contributed by atoms with Gasteiger partial charge < -0.3 is 15.0 Å². The van der Waals surface area contributed by atoms with Gasteiger partial charge in [0.2, 0.25) is 0 Å². The summed E-state index contributed by atoms with van der Waals surface area (Å²) in [6.45, 7) is 3.43. The second-order valence-corrected chi connectivity index (χ2v) is 7.64. The molecule has 6 nitrogen and oxygen atoms in total. The van der Waals surface area contributed by atoms with Crippen LogP contribution in [-0.4, -0.2) is 43.4 Å². The van der Waals surface area contributed by atoms with Crippen molar-refractivity contribution in [3.8, 4) is 0 Å². The molecule has 2 amide bonds. The van der Waals surface area contributed by atoms with Gasteiger partial charge in [0.05, 0.1) is 5.92 Å². The Bertz CT molecular complexity index is 861. The maximum atomic E-state index is 12.5. The maximum absolute atomic E-state index is 12.5. The van der Waals surface area contributed by atoms with Crippen LogP contribution in [0.5, 0.6) is 0 Å². The van der Waals surface area contributed by atoms with Gasteiger partial charge in [-0.05, 0) is 47.9 Å². The zero-order chi connectivity index (χ0) is 21.6. The summed E-state index contributed by atoms with van der Waals surface area (Å²) in [6.07, 6.45) is 0. The van der Waals surface area contributed by atoms with Gasteiger partial charge >= 0.3 is 5.97 Å². The van der Waals surface area contributed by atoms with E-state index >= 15 is 0 Å². The highest BCUT2D eigenvalue weighted by molar-refractivity contribution is 6.30. The van der Waals surface area contributed by atoms with Gasteiger partial charge in [-0.2, -0.15) is 0 Å². The van der Waals surface area contributed by atoms with Gasteiger partial charge in [-0.25, -0.2) is 0 Å². The number of hydrogen-bond acceptors (Lipinski definition) is 4. The fourth-order valence-corrected chi connectivity index (χ4v) is 2.97. The summed E-state index contributed by atoms with van der Waals surface area (Å²) in [6, 6.07) is 13.5. The van der Waals surface area contributed by atoms with Crippen molar-refractivity contribution in [2.24, 2.45) is 5.92 Å². The van der Waals surface area contributed by atoms with Gasteiger partial charge in [-0.3, -0.25) is 14.4 Å². The van der Waals surface area contributed by atoms with Crippen LogP contribution in [0.15, 0.2) is 48.5 Å². The second kappa shape index (κ2) is 10.1. The molecule has 0 heterocycles. The fraction of sp³-hybridized carbons (Fsp3) is 0.318. The number of amides is 2. The van der Waals surface area contributed by atoms with Gasteiger partial charge in [0.1, 0.15) is 0 Å². The topological polar surface area (TPSA) is 75.7 Å². The lowest BCUT2D eigenvalue weighted by atomic mass is 9.88. The Hall–Kier alpha value is -2.86. The third-order valence-corrected chi connectivity index (χ3v) is 4.57. The molecule has 0 fully saturated rings. The van der Waals surface area contributed by atoms with Crippen molar-refractivity contribution in [1.29, 1.82) is 0 Å². The molecule has 2 rings (SSSR count). The Morgan fingerprint density at radius 1 is 1.00 bits per heavy atom. The van der Waals surface area contributed by atoms with Gasteiger partial charge in [0.25, 0.3) is 11.8 Å². The number of nitrogens with one attached hydrogen (secondary N) is 1. The average Bonchev–Trinajstić information content (AvgIpc) is 2.68. The molecule has 1 N–H and O–H groups in total. The summed E-state index contributed by atoms with van der Waals surface area (Å²) in [5, 5.41) is 3.23. The molecule has 0 aliphatic carbocycles. The van der Waals surface area contributed by atoms with E-state index in [-0.39, 0.29) is 11.8 Å². The molecule has 0 radical (unpaired) electrons.